The molecular formula is C26H27F3. The Kier molecular flexibility index (Phi) is 5.88. The molecule has 3 heteroatoms. The van der Waals surface area contributed by atoms with Crippen LogP contribution >= 0.6 is 0 Å². The summed E-state index contributed by atoms with van der Waals surface area (Å²) in [7, 11) is 0. The maximum Gasteiger partial charge on any atom is 0.406 e. The average Bonchev–Trinajstić information content (AvgIpc) is 2.69. The smallest absolute Gasteiger partial charge is 0.169 e. The third-order valence-electron chi connectivity index (χ3n) is 5.65. The molecule has 3 aromatic carbocycles. The number of alkyl halides is 3. The minimum atomic E-state index is -4.51. The number of hydrogen-bond donors (Lipinski definition) is 0. The maximum atomic E-state index is 15.0. The van der Waals surface area contributed by atoms with Gasteiger partial charge in [-0.05, 0) is 39.7 Å². The zero-order valence-corrected chi connectivity index (χ0v) is 17.3. The molecule has 0 aliphatic heterocycles. The normalized spacial score (nSPS) is 12.6. The Morgan fingerprint density at radius 3 is 1.17 bits per heavy atom. The van der Waals surface area contributed by atoms with Crippen LogP contribution in [0.1, 0.15) is 67.3 Å². The minimum absolute atomic E-state index is 0.224. The largest absolute Gasteiger partial charge is 0.406 e. The summed E-state index contributed by atoms with van der Waals surface area (Å²) in [5.41, 5.74) is 0.512. The van der Waals surface area contributed by atoms with E-state index >= 15 is 0 Å². The molecule has 0 heterocycles. The van der Waals surface area contributed by atoms with Crippen LogP contribution < -0.4 is 0 Å². The minimum Gasteiger partial charge on any atom is -0.169 e. The van der Waals surface area contributed by atoms with E-state index in [0.717, 1.165) is 11.1 Å². The van der Waals surface area contributed by atoms with Gasteiger partial charge in [0.05, 0.1) is 0 Å². The van der Waals surface area contributed by atoms with Crippen molar-refractivity contribution in [3.05, 3.63) is 107 Å². The molecular weight excluding hydrogens is 369 g/mol. The Bertz CT molecular complexity index is 867. The monoisotopic (exact) mass is 396 g/mol. The second-order valence-corrected chi connectivity index (χ2v) is 8.17. The molecule has 0 N–H and O–H groups in total. The van der Waals surface area contributed by atoms with Crippen LogP contribution in [0.3, 0.4) is 0 Å². The summed E-state index contributed by atoms with van der Waals surface area (Å²) >= 11 is 0. The van der Waals surface area contributed by atoms with Crippen LogP contribution in [0.5, 0.6) is 0 Å². The highest BCUT2D eigenvalue weighted by Gasteiger charge is 2.58. The topological polar surface area (TPSA) is 0 Å². The molecule has 3 rings (SSSR count). The lowest BCUT2D eigenvalue weighted by atomic mass is 9.68. The second kappa shape index (κ2) is 8.06. The SMILES string of the molecule is CC(C)c1ccc(C(c2ccccc2)(c2ccc(C(C)C)cc2)C(F)(F)F)cc1. The first-order chi connectivity index (χ1) is 13.7. The molecule has 0 saturated carbocycles. The molecule has 0 aliphatic rings. The zero-order valence-electron chi connectivity index (χ0n) is 17.3. The van der Waals surface area contributed by atoms with Crippen molar-refractivity contribution in [2.24, 2.45) is 0 Å². The first-order valence-electron chi connectivity index (χ1n) is 10.0. The van der Waals surface area contributed by atoms with E-state index in [2.05, 4.69) is 0 Å². The summed E-state index contributed by atoms with van der Waals surface area (Å²) in [6.45, 7) is 8.14. The van der Waals surface area contributed by atoms with Crippen LogP contribution in [0.2, 0.25) is 0 Å². The van der Waals surface area contributed by atoms with E-state index in [1.54, 1.807) is 54.6 Å². The van der Waals surface area contributed by atoms with E-state index in [1.165, 1.54) is 0 Å². The Labute approximate surface area is 171 Å². The first-order valence-corrected chi connectivity index (χ1v) is 10.0. The zero-order chi connectivity index (χ0) is 21.2. The highest BCUT2D eigenvalue weighted by atomic mass is 19.4. The van der Waals surface area contributed by atoms with E-state index in [0.29, 0.717) is 0 Å². The Balaban J connectivity index is 2.32. The van der Waals surface area contributed by atoms with Crippen molar-refractivity contribution in [2.45, 2.75) is 51.1 Å². The Morgan fingerprint density at radius 1 is 0.517 bits per heavy atom. The molecule has 0 amide bonds. The molecule has 0 nitrogen and oxygen atoms in total. The van der Waals surface area contributed by atoms with Crippen LogP contribution in [0.15, 0.2) is 78.9 Å². The van der Waals surface area contributed by atoms with Gasteiger partial charge in [0.25, 0.3) is 0 Å². The third-order valence-corrected chi connectivity index (χ3v) is 5.65. The van der Waals surface area contributed by atoms with Crippen molar-refractivity contribution < 1.29 is 13.2 Å². The summed E-state index contributed by atoms with van der Waals surface area (Å²) in [4.78, 5) is 0. The predicted molar refractivity (Wildman–Crippen MR) is 113 cm³/mol. The van der Waals surface area contributed by atoms with Crippen molar-refractivity contribution in [3.8, 4) is 0 Å². The van der Waals surface area contributed by atoms with Gasteiger partial charge in [0.15, 0.2) is 0 Å². The molecule has 152 valence electrons. The summed E-state index contributed by atoms with van der Waals surface area (Å²) in [5, 5.41) is 0. The molecule has 0 fully saturated rings. The number of halogens is 3. The van der Waals surface area contributed by atoms with Gasteiger partial charge in [-0.3, -0.25) is 0 Å². The van der Waals surface area contributed by atoms with Gasteiger partial charge in [0.1, 0.15) is 5.41 Å². The molecule has 0 aromatic heterocycles. The first kappa shape index (κ1) is 21.2. The molecule has 0 bridgehead atoms. The second-order valence-electron chi connectivity index (χ2n) is 8.17. The number of hydrogen-bond acceptors (Lipinski definition) is 0. The summed E-state index contributed by atoms with van der Waals surface area (Å²) < 4.78 is 44.9. The number of benzene rings is 3. The number of rotatable bonds is 5. The molecule has 0 saturated heterocycles. The summed E-state index contributed by atoms with van der Waals surface area (Å²) in [6.07, 6.45) is -4.51. The van der Waals surface area contributed by atoms with Gasteiger partial charge in [-0.15, -0.1) is 0 Å². The molecule has 0 unspecified atom stereocenters. The van der Waals surface area contributed by atoms with E-state index < -0.39 is 11.6 Å². The molecule has 0 atom stereocenters. The fraction of sp³-hybridized carbons (Fsp3) is 0.308. The molecule has 3 aromatic rings. The lowest BCUT2D eigenvalue weighted by molar-refractivity contribution is -0.166. The third kappa shape index (κ3) is 3.83. The Morgan fingerprint density at radius 2 is 0.862 bits per heavy atom. The van der Waals surface area contributed by atoms with Crippen molar-refractivity contribution in [3.63, 3.8) is 0 Å². The van der Waals surface area contributed by atoms with E-state index in [-0.39, 0.29) is 28.5 Å². The highest BCUT2D eigenvalue weighted by molar-refractivity contribution is 5.53. The predicted octanol–water partition coefficient (Wildman–Crippen LogP) is 7.83. The highest BCUT2D eigenvalue weighted by Crippen LogP contribution is 2.51. The van der Waals surface area contributed by atoms with Gasteiger partial charge in [0.2, 0.25) is 0 Å². The fourth-order valence-electron chi connectivity index (χ4n) is 3.92. The quantitative estimate of drug-likeness (QED) is 0.386. The van der Waals surface area contributed by atoms with Crippen LogP contribution in [-0.2, 0) is 5.41 Å². The Hall–Kier alpha value is -2.55. The van der Waals surface area contributed by atoms with Crippen LogP contribution in [0, 0.1) is 0 Å². The molecule has 0 spiro atoms. The van der Waals surface area contributed by atoms with Crippen LogP contribution in [0.4, 0.5) is 13.2 Å². The lowest BCUT2D eigenvalue weighted by Gasteiger charge is -2.38. The van der Waals surface area contributed by atoms with Crippen LogP contribution in [-0.4, -0.2) is 6.18 Å². The lowest BCUT2D eigenvalue weighted by Crippen LogP contribution is -2.44. The van der Waals surface area contributed by atoms with Crippen molar-refractivity contribution >= 4 is 0 Å². The maximum absolute atomic E-state index is 15.0. The van der Waals surface area contributed by atoms with Gasteiger partial charge in [-0.25, -0.2) is 0 Å². The fourth-order valence-corrected chi connectivity index (χ4v) is 3.92. The van der Waals surface area contributed by atoms with Crippen molar-refractivity contribution in [1.29, 1.82) is 0 Å². The molecule has 0 radical (unpaired) electrons. The van der Waals surface area contributed by atoms with Gasteiger partial charge in [0, 0.05) is 0 Å². The van der Waals surface area contributed by atoms with Gasteiger partial charge in [-0.2, -0.15) is 13.2 Å². The van der Waals surface area contributed by atoms with E-state index in [4.69, 9.17) is 0 Å². The van der Waals surface area contributed by atoms with Gasteiger partial charge < -0.3 is 0 Å². The van der Waals surface area contributed by atoms with E-state index in [9.17, 15) is 13.2 Å². The summed E-state index contributed by atoms with van der Waals surface area (Å²) in [5.74, 6) is 0.512. The molecule has 29 heavy (non-hydrogen) atoms. The molecule has 0 aliphatic carbocycles. The standard InChI is InChI=1S/C26H27F3/c1-18(2)20-10-14-23(15-11-20)25(26(27,28)29,22-8-6-5-7-9-22)24-16-12-21(13-17-24)19(3)4/h5-19H,1-4H3. The average molecular weight is 396 g/mol. The van der Waals surface area contributed by atoms with Crippen LogP contribution in [0.25, 0.3) is 0 Å². The van der Waals surface area contributed by atoms with E-state index in [1.807, 2.05) is 52.0 Å². The van der Waals surface area contributed by atoms with Crippen molar-refractivity contribution in [2.75, 3.05) is 0 Å². The summed E-state index contributed by atoms with van der Waals surface area (Å²) in [6, 6.07) is 22.0. The van der Waals surface area contributed by atoms with Gasteiger partial charge in [-0.1, -0.05) is 107 Å². The van der Waals surface area contributed by atoms with Gasteiger partial charge >= 0.3 is 6.18 Å². The van der Waals surface area contributed by atoms with Crippen molar-refractivity contribution in [1.82, 2.24) is 0 Å².